The topological polar surface area (TPSA) is 21.3 Å². The molecule has 1 aromatic carbocycles. The van der Waals surface area contributed by atoms with Crippen LogP contribution in [0.1, 0.15) is 43.8 Å². The van der Waals surface area contributed by atoms with Crippen molar-refractivity contribution in [3.63, 3.8) is 0 Å². The normalized spacial score (nSPS) is 25.2. The van der Waals surface area contributed by atoms with E-state index >= 15 is 0 Å². The van der Waals surface area contributed by atoms with E-state index in [1.54, 1.807) is 0 Å². The van der Waals surface area contributed by atoms with E-state index in [9.17, 15) is 0 Å². The van der Waals surface area contributed by atoms with E-state index in [0.29, 0.717) is 5.92 Å². The molecule has 104 valence electrons. The molecular formula is C17H25NO. The van der Waals surface area contributed by atoms with Crippen LogP contribution >= 0.6 is 0 Å². The molecule has 2 fully saturated rings. The zero-order valence-corrected chi connectivity index (χ0v) is 11.7. The lowest BCUT2D eigenvalue weighted by Crippen LogP contribution is -2.34. The molecule has 1 N–H and O–H groups in total. The average molecular weight is 259 g/mol. The number of benzene rings is 1. The highest BCUT2D eigenvalue weighted by Gasteiger charge is 2.27. The lowest BCUT2D eigenvalue weighted by Gasteiger charge is -2.31. The van der Waals surface area contributed by atoms with Gasteiger partial charge in [0.05, 0.1) is 6.10 Å². The SMILES string of the molecule is c1ccc([C@H](OCCC2CC2)[C@@H]2CCCNC2)cc1. The van der Waals surface area contributed by atoms with Crippen LogP contribution in [0.4, 0.5) is 0 Å². The van der Waals surface area contributed by atoms with Crippen molar-refractivity contribution in [1.82, 2.24) is 5.32 Å². The maximum atomic E-state index is 6.28. The summed E-state index contributed by atoms with van der Waals surface area (Å²) in [5.74, 6) is 1.59. The summed E-state index contributed by atoms with van der Waals surface area (Å²) in [6.07, 6.45) is 6.95. The van der Waals surface area contributed by atoms with Gasteiger partial charge in [-0.2, -0.15) is 0 Å². The molecule has 3 rings (SSSR count). The molecule has 0 unspecified atom stereocenters. The van der Waals surface area contributed by atoms with Gasteiger partial charge < -0.3 is 10.1 Å². The zero-order valence-electron chi connectivity index (χ0n) is 11.7. The fourth-order valence-corrected chi connectivity index (χ4v) is 3.05. The van der Waals surface area contributed by atoms with Crippen molar-refractivity contribution in [3.8, 4) is 0 Å². The van der Waals surface area contributed by atoms with E-state index in [-0.39, 0.29) is 6.10 Å². The first-order valence-corrected chi connectivity index (χ1v) is 7.81. The Morgan fingerprint density at radius 2 is 2.00 bits per heavy atom. The third-order valence-corrected chi connectivity index (χ3v) is 4.41. The molecule has 0 spiro atoms. The van der Waals surface area contributed by atoms with Crippen LogP contribution in [-0.4, -0.2) is 19.7 Å². The second-order valence-electron chi connectivity index (χ2n) is 6.04. The summed E-state index contributed by atoms with van der Waals surface area (Å²) in [5.41, 5.74) is 1.35. The second-order valence-corrected chi connectivity index (χ2v) is 6.04. The fourth-order valence-electron chi connectivity index (χ4n) is 3.05. The minimum atomic E-state index is 0.285. The Bertz CT molecular complexity index is 368. The minimum absolute atomic E-state index is 0.285. The highest BCUT2D eigenvalue weighted by atomic mass is 16.5. The van der Waals surface area contributed by atoms with Crippen LogP contribution in [-0.2, 0) is 4.74 Å². The molecule has 1 heterocycles. The molecule has 19 heavy (non-hydrogen) atoms. The molecule has 0 amide bonds. The Labute approximate surface area is 116 Å². The number of piperidine rings is 1. The van der Waals surface area contributed by atoms with Gasteiger partial charge in [0, 0.05) is 19.1 Å². The molecule has 1 saturated heterocycles. The molecule has 2 aliphatic rings. The van der Waals surface area contributed by atoms with Crippen molar-refractivity contribution < 1.29 is 4.74 Å². The van der Waals surface area contributed by atoms with Crippen molar-refractivity contribution in [1.29, 1.82) is 0 Å². The monoisotopic (exact) mass is 259 g/mol. The average Bonchev–Trinajstić information content (AvgIpc) is 3.30. The summed E-state index contributed by atoms with van der Waals surface area (Å²) in [5, 5.41) is 3.52. The summed E-state index contributed by atoms with van der Waals surface area (Å²) >= 11 is 0. The molecule has 2 atom stereocenters. The van der Waals surface area contributed by atoms with Crippen LogP contribution in [0.2, 0.25) is 0 Å². The highest BCUT2D eigenvalue weighted by Crippen LogP contribution is 2.35. The summed E-state index contributed by atoms with van der Waals surface area (Å²) in [6, 6.07) is 10.8. The molecule has 0 bridgehead atoms. The molecule has 2 heteroatoms. The third-order valence-electron chi connectivity index (χ3n) is 4.41. The molecule has 1 saturated carbocycles. The Balaban J connectivity index is 1.62. The van der Waals surface area contributed by atoms with Gasteiger partial charge in [0.1, 0.15) is 0 Å². The van der Waals surface area contributed by atoms with Crippen molar-refractivity contribution in [2.24, 2.45) is 11.8 Å². The Hall–Kier alpha value is -0.860. The first kappa shape index (κ1) is 13.1. The van der Waals surface area contributed by atoms with E-state index in [4.69, 9.17) is 4.74 Å². The van der Waals surface area contributed by atoms with Crippen LogP contribution in [0.15, 0.2) is 30.3 Å². The number of rotatable bonds is 6. The van der Waals surface area contributed by atoms with Gasteiger partial charge in [-0.1, -0.05) is 43.2 Å². The quantitative estimate of drug-likeness (QED) is 0.843. The van der Waals surface area contributed by atoms with E-state index in [2.05, 4.69) is 35.6 Å². The van der Waals surface area contributed by atoms with E-state index in [1.165, 1.54) is 44.2 Å². The molecular weight excluding hydrogens is 234 g/mol. The molecule has 1 aromatic rings. The van der Waals surface area contributed by atoms with Crippen LogP contribution in [0.3, 0.4) is 0 Å². The van der Waals surface area contributed by atoms with Gasteiger partial charge in [-0.25, -0.2) is 0 Å². The Morgan fingerprint density at radius 3 is 2.68 bits per heavy atom. The second kappa shape index (κ2) is 6.53. The van der Waals surface area contributed by atoms with E-state index in [1.807, 2.05) is 0 Å². The first-order valence-electron chi connectivity index (χ1n) is 7.81. The summed E-state index contributed by atoms with van der Waals surface area (Å²) < 4.78 is 6.28. The van der Waals surface area contributed by atoms with Crippen molar-refractivity contribution in [2.45, 2.75) is 38.2 Å². The predicted octanol–water partition coefficient (Wildman–Crippen LogP) is 3.54. The zero-order chi connectivity index (χ0) is 12.9. The maximum absolute atomic E-state index is 6.28. The van der Waals surface area contributed by atoms with Crippen molar-refractivity contribution >= 4 is 0 Å². The van der Waals surface area contributed by atoms with Crippen LogP contribution in [0.25, 0.3) is 0 Å². The van der Waals surface area contributed by atoms with Crippen LogP contribution in [0.5, 0.6) is 0 Å². The fraction of sp³-hybridized carbons (Fsp3) is 0.647. The maximum Gasteiger partial charge on any atom is 0.0865 e. The lowest BCUT2D eigenvalue weighted by molar-refractivity contribution is 0.000133. The van der Waals surface area contributed by atoms with Gasteiger partial charge in [-0.15, -0.1) is 0 Å². The van der Waals surface area contributed by atoms with Gasteiger partial charge in [0.15, 0.2) is 0 Å². The minimum Gasteiger partial charge on any atom is -0.373 e. The van der Waals surface area contributed by atoms with Crippen LogP contribution < -0.4 is 5.32 Å². The largest absolute Gasteiger partial charge is 0.373 e. The molecule has 0 radical (unpaired) electrons. The smallest absolute Gasteiger partial charge is 0.0865 e. The van der Waals surface area contributed by atoms with Crippen molar-refractivity contribution in [3.05, 3.63) is 35.9 Å². The predicted molar refractivity (Wildman–Crippen MR) is 78.1 cm³/mol. The van der Waals surface area contributed by atoms with Gasteiger partial charge in [-0.3, -0.25) is 0 Å². The Kier molecular flexibility index (Phi) is 4.52. The van der Waals surface area contributed by atoms with Crippen molar-refractivity contribution in [2.75, 3.05) is 19.7 Å². The number of nitrogens with one attached hydrogen (secondary N) is 1. The molecule has 2 nitrogen and oxygen atoms in total. The summed E-state index contributed by atoms with van der Waals surface area (Å²) in [7, 11) is 0. The highest BCUT2D eigenvalue weighted by molar-refractivity contribution is 5.18. The van der Waals surface area contributed by atoms with E-state index in [0.717, 1.165) is 19.1 Å². The van der Waals surface area contributed by atoms with Gasteiger partial charge in [0.25, 0.3) is 0 Å². The molecule has 1 aliphatic carbocycles. The van der Waals surface area contributed by atoms with Gasteiger partial charge >= 0.3 is 0 Å². The summed E-state index contributed by atoms with van der Waals surface area (Å²) in [6.45, 7) is 3.20. The van der Waals surface area contributed by atoms with E-state index < -0.39 is 0 Å². The number of ether oxygens (including phenoxy) is 1. The number of hydrogen-bond acceptors (Lipinski definition) is 2. The van der Waals surface area contributed by atoms with Gasteiger partial charge in [0.2, 0.25) is 0 Å². The van der Waals surface area contributed by atoms with Gasteiger partial charge in [-0.05, 0) is 37.3 Å². The number of hydrogen-bond donors (Lipinski definition) is 1. The Morgan fingerprint density at radius 1 is 1.16 bits per heavy atom. The first-order chi connectivity index (χ1) is 9.43. The molecule has 1 aliphatic heterocycles. The standard InChI is InChI=1S/C17H25NO/c1-2-5-15(6-3-1)17(16-7-4-11-18-13-16)19-12-10-14-8-9-14/h1-3,5-6,14,16-18H,4,7-13H2/t16-,17+/m1/s1. The lowest BCUT2D eigenvalue weighted by atomic mass is 9.89. The summed E-state index contributed by atoms with van der Waals surface area (Å²) in [4.78, 5) is 0. The molecule has 0 aromatic heterocycles. The van der Waals surface area contributed by atoms with Crippen LogP contribution in [0, 0.1) is 11.8 Å². The third kappa shape index (κ3) is 3.80.